The maximum Gasteiger partial charge on any atom is 0.216 e. The fourth-order valence-electron chi connectivity index (χ4n) is 3.26. The lowest BCUT2D eigenvalue weighted by molar-refractivity contribution is -0.118. The number of para-hydroxylation sites is 2. The third kappa shape index (κ3) is 5.97. The Balaban J connectivity index is 1.81. The highest BCUT2D eigenvalue weighted by Crippen LogP contribution is 2.29. The maximum absolute atomic E-state index is 12.7. The minimum absolute atomic E-state index is 0.0411. The number of methoxy groups -OCH3 is 1. The zero-order chi connectivity index (χ0) is 22.9. The van der Waals surface area contributed by atoms with Gasteiger partial charge in [-0.3, -0.25) is 14.2 Å². The van der Waals surface area contributed by atoms with Crippen molar-refractivity contribution in [2.45, 2.75) is 38.3 Å². The first-order chi connectivity index (χ1) is 15.5. The van der Waals surface area contributed by atoms with Gasteiger partial charge in [-0.25, -0.2) is 0 Å². The number of nitrogens with one attached hydrogen (secondary N) is 1. The topological polar surface area (TPSA) is 86.1 Å². The van der Waals surface area contributed by atoms with Crippen molar-refractivity contribution in [2.24, 2.45) is 0 Å². The summed E-state index contributed by atoms with van der Waals surface area (Å²) in [5, 5.41) is 12.2. The number of aromatic nitrogens is 3. The van der Waals surface area contributed by atoms with Crippen LogP contribution in [0.2, 0.25) is 0 Å². The number of hydrogen-bond acceptors (Lipinski definition) is 6. The third-order valence-corrected chi connectivity index (χ3v) is 5.92. The van der Waals surface area contributed by atoms with Crippen LogP contribution >= 0.6 is 11.8 Å². The van der Waals surface area contributed by atoms with Crippen molar-refractivity contribution in [3.8, 4) is 11.4 Å². The number of hydrogen-bond donors (Lipinski definition) is 1. The molecule has 0 unspecified atom stereocenters. The summed E-state index contributed by atoms with van der Waals surface area (Å²) in [4.78, 5) is 23.9. The van der Waals surface area contributed by atoms with Gasteiger partial charge in [-0.2, -0.15) is 0 Å². The summed E-state index contributed by atoms with van der Waals surface area (Å²) in [6.07, 6.45) is 2.29. The summed E-state index contributed by atoms with van der Waals surface area (Å²) >= 11 is 1.35. The van der Waals surface area contributed by atoms with Gasteiger partial charge in [-0.1, -0.05) is 55.1 Å². The highest BCUT2D eigenvalue weighted by Gasteiger charge is 2.19. The van der Waals surface area contributed by atoms with Crippen molar-refractivity contribution >= 4 is 23.5 Å². The normalized spacial score (nSPS) is 10.7. The lowest BCUT2D eigenvalue weighted by atomic mass is 10.1. The summed E-state index contributed by atoms with van der Waals surface area (Å²) in [7, 11) is 1.62. The van der Waals surface area contributed by atoms with Gasteiger partial charge in [-0.15, -0.1) is 10.2 Å². The zero-order valence-corrected chi connectivity index (χ0v) is 19.4. The molecule has 0 fully saturated rings. The van der Waals surface area contributed by atoms with Gasteiger partial charge in [0, 0.05) is 25.5 Å². The molecule has 3 rings (SSSR count). The predicted octanol–water partition coefficient (Wildman–Crippen LogP) is 3.88. The summed E-state index contributed by atoms with van der Waals surface area (Å²) in [5.41, 5.74) is 2.71. The minimum atomic E-state index is -0.0575. The molecule has 0 saturated carbocycles. The molecule has 0 spiro atoms. The molecule has 168 valence electrons. The van der Waals surface area contributed by atoms with Gasteiger partial charge in [0.1, 0.15) is 11.6 Å². The second-order valence-corrected chi connectivity index (χ2v) is 8.20. The minimum Gasteiger partial charge on any atom is -0.495 e. The van der Waals surface area contributed by atoms with Crippen LogP contribution in [0.3, 0.4) is 0 Å². The standard InChI is InChI=1S/C24H28N4O3S/c1-4-18-11-13-19(14-12-18)21(30)16-32-24-27-26-23(10-7-15-25-17(2)29)28(24)20-8-5-6-9-22(20)31-3/h5-6,8-9,11-14H,4,7,10,15-16H2,1-3H3,(H,25,29). The van der Waals surface area contributed by atoms with Crippen LogP contribution in [0.4, 0.5) is 0 Å². The summed E-state index contributed by atoms with van der Waals surface area (Å²) in [6.45, 7) is 4.15. The fourth-order valence-corrected chi connectivity index (χ4v) is 4.12. The molecule has 0 atom stereocenters. The van der Waals surface area contributed by atoms with E-state index >= 15 is 0 Å². The van der Waals surface area contributed by atoms with Gasteiger partial charge in [0.15, 0.2) is 10.9 Å². The van der Waals surface area contributed by atoms with Gasteiger partial charge in [-0.05, 0) is 30.5 Å². The van der Waals surface area contributed by atoms with Gasteiger partial charge in [0.25, 0.3) is 0 Å². The molecule has 0 aliphatic carbocycles. The molecule has 3 aromatic rings. The Bertz CT molecular complexity index is 1060. The maximum atomic E-state index is 12.7. The lowest BCUT2D eigenvalue weighted by Crippen LogP contribution is -2.21. The van der Waals surface area contributed by atoms with E-state index in [2.05, 4.69) is 22.4 Å². The molecule has 2 aromatic carbocycles. The van der Waals surface area contributed by atoms with E-state index in [1.165, 1.54) is 24.2 Å². The van der Waals surface area contributed by atoms with E-state index < -0.39 is 0 Å². The molecule has 7 nitrogen and oxygen atoms in total. The van der Waals surface area contributed by atoms with Crippen LogP contribution in [0.15, 0.2) is 53.7 Å². The summed E-state index contributed by atoms with van der Waals surface area (Å²) in [5.74, 6) is 1.68. The summed E-state index contributed by atoms with van der Waals surface area (Å²) < 4.78 is 7.48. The number of benzene rings is 2. The first-order valence-electron chi connectivity index (χ1n) is 10.6. The van der Waals surface area contributed by atoms with Gasteiger partial charge < -0.3 is 10.1 Å². The Morgan fingerprint density at radius 2 is 1.84 bits per heavy atom. The van der Waals surface area contributed by atoms with Crippen LogP contribution in [0.25, 0.3) is 5.69 Å². The Morgan fingerprint density at radius 1 is 1.09 bits per heavy atom. The van der Waals surface area contributed by atoms with E-state index in [4.69, 9.17) is 4.74 Å². The van der Waals surface area contributed by atoms with Crippen molar-refractivity contribution in [1.29, 1.82) is 0 Å². The van der Waals surface area contributed by atoms with Crippen molar-refractivity contribution < 1.29 is 14.3 Å². The predicted molar refractivity (Wildman–Crippen MR) is 126 cm³/mol. The molecular formula is C24H28N4O3S. The van der Waals surface area contributed by atoms with Crippen LogP contribution in [0, 0.1) is 0 Å². The molecule has 1 amide bonds. The van der Waals surface area contributed by atoms with Crippen molar-refractivity contribution in [2.75, 3.05) is 19.4 Å². The van der Waals surface area contributed by atoms with E-state index in [9.17, 15) is 9.59 Å². The molecule has 1 N–H and O–H groups in total. The Kier molecular flexibility index (Phi) is 8.44. The SMILES string of the molecule is CCc1ccc(C(=O)CSc2nnc(CCCNC(C)=O)n2-c2ccccc2OC)cc1. The van der Waals surface area contributed by atoms with Crippen molar-refractivity contribution in [3.05, 3.63) is 65.5 Å². The highest BCUT2D eigenvalue weighted by atomic mass is 32.2. The van der Waals surface area contributed by atoms with Crippen LogP contribution in [-0.4, -0.2) is 45.9 Å². The van der Waals surface area contributed by atoms with Gasteiger partial charge in [0.05, 0.1) is 18.6 Å². The smallest absolute Gasteiger partial charge is 0.216 e. The molecule has 1 aromatic heterocycles. The molecule has 32 heavy (non-hydrogen) atoms. The zero-order valence-electron chi connectivity index (χ0n) is 18.6. The van der Waals surface area contributed by atoms with Crippen molar-refractivity contribution in [3.63, 3.8) is 0 Å². The number of carbonyl (C=O) groups is 2. The second-order valence-electron chi connectivity index (χ2n) is 7.25. The van der Waals surface area contributed by atoms with E-state index in [-0.39, 0.29) is 17.4 Å². The first kappa shape index (κ1) is 23.5. The van der Waals surface area contributed by atoms with Crippen LogP contribution < -0.4 is 10.1 Å². The number of thioether (sulfide) groups is 1. The average molecular weight is 453 g/mol. The molecule has 0 aliphatic heterocycles. The Hall–Kier alpha value is -3.13. The first-order valence-corrected chi connectivity index (χ1v) is 11.6. The largest absolute Gasteiger partial charge is 0.495 e. The number of carbonyl (C=O) groups excluding carboxylic acids is 2. The number of Topliss-reactive ketones (excluding diaryl/α,β-unsaturated/α-hetero) is 1. The van der Waals surface area contributed by atoms with Crippen molar-refractivity contribution in [1.82, 2.24) is 20.1 Å². The number of rotatable bonds is 11. The molecule has 0 radical (unpaired) electrons. The van der Waals surface area contributed by atoms with E-state index in [0.717, 1.165) is 24.4 Å². The average Bonchev–Trinajstić information content (AvgIpc) is 3.22. The fraction of sp³-hybridized carbons (Fsp3) is 0.333. The van der Waals surface area contributed by atoms with Crippen LogP contribution in [0.1, 0.15) is 42.0 Å². The number of amides is 1. The molecule has 8 heteroatoms. The molecule has 0 aliphatic rings. The Morgan fingerprint density at radius 3 is 2.53 bits per heavy atom. The van der Waals surface area contributed by atoms with Gasteiger partial charge >= 0.3 is 0 Å². The van der Waals surface area contributed by atoms with E-state index in [1.54, 1.807) is 7.11 Å². The number of ether oxygens (including phenoxy) is 1. The van der Waals surface area contributed by atoms with Crippen LogP contribution in [-0.2, 0) is 17.6 Å². The van der Waals surface area contributed by atoms with Crippen LogP contribution in [0.5, 0.6) is 5.75 Å². The highest BCUT2D eigenvalue weighted by molar-refractivity contribution is 7.99. The van der Waals surface area contributed by atoms with E-state index in [0.29, 0.717) is 29.4 Å². The number of ketones is 1. The molecule has 1 heterocycles. The quantitative estimate of drug-likeness (QED) is 0.270. The summed E-state index contributed by atoms with van der Waals surface area (Å²) in [6, 6.07) is 15.4. The molecular weight excluding hydrogens is 424 g/mol. The lowest BCUT2D eigenvalue weighted by Gasteiger charge is -2.13. The van der Waals surface area contributed by atoms with E-state index in [1.807, 2.05) is 53.1 Å². The third-order valence-electron chi connectivity index (χ3n) is 4.99. The Labute approximate surface area is 192 Å². The molecule has 0 saturated heterocycles. The molecule has 0 bridgehead atoms. The van der Waals surface area contributed by atoms with Gasteiger partial charge in [0.2, 0.25) is 5.91 Å². The number of aryl methyl sites for hydroxylation is 2. The monoisotopic (exact) mass is 452 g/mol. The number of nitrogens with zero attached hydrogens (tertiary/aromatic N) is 3. The second kappa shape index (κ2) is 11.5.